The van der Waals surface area contributed by atoms with Crippen LogP contribution in [0.5, 0.6) is 0 Å². The zero-order valence-corrected chi connectivity index (χ0v) is 21.5. The van der Waals surface area contributed by atoms with Crippen molar-refractivity contribution in [3.63, 3.8) is 0 Å². The Hall–Kier alpha value is -1.93. The molecular weight excluding hydrogens is 527 g/mol. The topological polar surface area (TPSA) is 98.5 Å². The molecule has 1 aromatic rings. The number of aliphatic imine (C=N–C) groups is 1. The predicted octanol–water partition coefficient (Wildman–Crippen LogP) is -0.557. The number of nitrogens with one attached hydrogen (secondary N) is 1. The van der Waals surface area contributed by atoms with Crippen LogP contribution in [-0.4, -0.2) is 122 Å². The monoisotopic (exact) mass is 562 g/mol. The number of aryl methyl sites for hydroxylation is 1. The van der Waals surface area contributed by atoms with Crippen LogP contribution >= 0.6 is 24.0 Å². The van der Waals surface area contributed by atoms with E-state index in [2.05, 4.69) is 20.3 Å². The summed E-state index contributed by atoms with van der Waals surface area (Å²) in [4.78, 5) is 36.9. The summed E-state index contributed by atoms with van der Waals surface area (Å²) >= 11 is 0. The second-order valence-corrected chi connectivity index (χ2v) is 8.00. The SMILES string of the molecule is CN(C)C(=O)CN=C(NCCCN1CCOCC1)N1CCN(c2cnn(C)c2)C(=O)C1.I. The summed E-state index contributed by atoms with van der Waals surface area (Å²) in [5.41, 5.74) is 0.798. The third-order valence-electron chi connectivity index (χ3n) is 5.42. The molecule has 0 unspecified atom stereocenters. The minimum absolute atomic E-state index is 0. The highest BCUT2D eigenvalue weighted by molar-refractivity contribution is 14.0. The van der Waals surface area contributed by atoms with Gasteiger partial charge in [-0.15, -0.1) is 24.0 Å². The van der Waals surface area contributed by atoms with E-state index >= 15 is 0 Å². The van der Waals surface area contributed by atoms with E-state index in [4.69, 9.17) is 4.74 Å². The van der Waals surface area contributed by atoms with Crippen molar-refractivity contribution >= 4 is 47.4 Å². The average Bonchev–Trinajstić information content (AvgIpc) is 3.19. The van der Waals surface area contributed by atoms with Crippen molar-refractivity contribution < 1.29 is 14.3 Å². The van der Waals surface area contributed by atoms with Crippen molar-refractivity contribution in [3.05, 3.63) is 12.4 Å². The molecule has 0 spiro atoms. The van der Waals surface area contributed by atoms with Gasteiger partial charge in [0.15, 0.2) is 5.96 Å². The highest BCUT2D eigenvalue weighted by atomic mass is 127. The van der Waals surface area contributed by atoms with Crippen LogP contribution in [0.25, 0.3) is 0 Å². The van der Waals surface area contributed by atoms with Crippen molar-refractivity contribution in [2.24, 2.45) is 12.0 Å². The van der Waals surface area contributed by atoms with Gasteiger partial charge in [-0.3, -0.25) is 19.2 Å². The number of anilines is 1. The van der Waals surface area contributed by atoms with Crippen LogP contribution < -0.4 is 10.2 Å². The molecule has 3 rings (SSSR count). The first-order chi connectivity index (χ1) is 14.9. The first kappa shape index (κ1) is 26.3. The summed E-state index contributed by atoms with van der Waals surface area (Å²) in [5.74, 6) is 0.519. The zero-order valence-electron chi connectivity index (χ0n) is 19.2. The van der Waals surface area contributed by atoms with Gasteiger partial charge in [-0.2, -0.15) is 5.10 Å². The second kappa shape index (κ2) is 12.9. The van der Waals surface area contributed by atoms with Gasteiger partial charge >= 0.3 is 0 Å². The van der Waals surface area contributed by atoms with Crippen LogP contribution in [0.3, 0.4) is 0 Å². The molecule has 0 bridgehead atoms. The Labute approximate surface area is 206 Å². The van der Waals surface area contributed by atoms with Gasteiger partial charge in [0.2, 0.25) is 11.8 Å². The molecule has 2 aliphatic rings. The Kier molecular flexibility index (Phi) is 10.6. The third-order valence-corrected chi connectivity index (χ3v) is 5.42. The van der Waals surface area contributed by atoms with Crippen molar-refractivity contribution in [1.29, 1.82) is 0 Å². The number of piperazine rings is 1. The fraction of sp³-hybridized carbons (Fsp3) is 0.700. The maximum Gasteiger partial charge on any atom is 0.246 e. The van der Waals surface area contributed by atoms with Crippen LogP contribution in [0.15, 0.2) is 17.4 Å². The lowest BCUT2D eigenvalue weighted by molar-refractivity contribution is -0.127. The van der Waals surface area contributed by atoms with Crippen LogP contribution in [0.1, 0.15) is 6.42 Å². The van der Waals surface area contributed by atoms with Gasteiger partial charge in [-0.05, 0) is 13.0 Å². The Morgan fingerprint density at radius 2 is 2.00 bits per heavy atom. The van der Waals surface area contributed by atoms with Gasteiger partial charge in [0.05, 0.1) is 25.1 Å². The number of morpholine rings is 1. The van der Waals surface area contributed by atoms with Crippen LogP contribution in [0.2, 0.25) is 0 Å². The van der Waals surface area contributed by atoms with Crippen LogP contribution in [-0.2, 0) is 21.4 Å². The van der Waals surface area contributed by atoms with E-state index in [1.165, 1.54) is 4.90 Å². The van der Waals surface area contributed by atoms with E-state index in [1.54, 1.807) is 29.9 Å². The van der Waals surface area contributed by atoms with Crippen molar-refractivity contribution in [2.75, 3.05) is 84.6 Å². The van der Waals surface area contributed by atoms with E-state index in [-0.39, 0.29) is 48.9 Å². The number of carbonyl (C=O) groups excluding carboxylic acids is 2. The Morgan fingerprint density at radius 1 is 1.25 bits per heavy atom. The number of nitrogens with zero attached hydrogens (tertiary/aromatic N) is 7. The Balaban J connectivity index is 0.00000363. The Bertz CT molecular complexity index is 779. The number of likely N-dealkylation sites (N-methyl/N-ethyl adjacent to an activating group) is 1. The van der Waals surface area contributed by atoms with E-state index in [9.17, 15) is 9.59 Å². The molecule has 2 saturated heterocycles. The summed E-state index contributed by atoms with van der Waals surface area (Å²) in [6.07, 6.45) is 4.48. The summed E-state index contributed by atoms with van der Waals surface area (Å²) < 4.78 is 7.07. The molecule has 0 saturated carbocycles. The maximum absolute atomic E-state index is 12.8. The molecule has 0 radical (unpaired) electrons. The molecule has 0 atom stereocenters. The molecule has 32 heavy (non-hydrogen) atoms. The van der Waals surface area contributed by atoms with Gasteiger partial charge < -0.3 is 24.8 Å². The fourth-order valence-electron chi connectivity index (χ4n) is 3.55. The normalized spacial score (nSPS) is 17.8. The quantitative estimate of drug-likeness (QED) is 0.206. The first-order valence-electron chi connectivity index (χ1n) is 10.8. The average molecular weight is 562 g/mol. The smallest absolute Gasteiger partial charge is 0.246 e. The number of hydrogen-bond donors (Lipinski definition) is 1. The highest BCUT2D eigenvalue weighted by Crippen LogP contribution is 2.16. The van der Waals surface area contributed by atoms with E-state index in [0.29, 0.717) is 19.0 Å². The zero-order chi connectivity index (χ0) is 22.2. The molecule has 1 N–H and O–H groups in total. The number of carbonyl (C=O) groups is 2. The summed E-state index contributed by atoms with van der Waals surface area (Å²) in [5, 5.41) is 7.52. The molecule has 0 aliphatic carbocycles. The number of rotatable bonds is 7. The largest absolute Gasteiger partial charge is 0.379 e. The minimum Gasteiger partial charge on any atom is -0.379 e. The van der Waals surface area contributed by atoms with Crippen molar-refractivity contribution in [1.82, 2.24) is 29.8 Å². The van der Waals surface area contributed by atoms with Gasteiger partial charge in [-0.1, -0.05) is 0 Å². The number of hydrogen-bond acceptors (Lipinski definition) is 6. The van der Waals surface area contributed by atoms with Gasteiger partial charge in [0.25, 0.3) is 0 Å². The van der Waals surface area contributed by atoms with E-state index in [1.807, 2.05) is 18.1 Å². The summed E-state index contributed by atoms with van der Waals surface area (Å²) in [7, 11) is 5.25. The molecule has 3 heterocycles. The molecule has 0 aromatic carbocycles. The molecule has 11 nitrogen and oxygen atoms in total. The fourth-order valence-corrected chi connectivity index (χ4v) is 3.55. The number of halogens is 1. The van der Waals surface area contributed by atoms with E-state index in [0.717, 1.165) is 51.5 Å². The molecule has 2 aliphatic heterocycles. The van der Waals surface area contributed by atoms with Crippen molar-refractivity contribution in [2.45, 2.75) is 6.42 Å². The number of guanidine groups is 1. The first-order valence-corrected chi connectivity index (χ1v) is 10.8. The van der Waals surface area contributed by atoms with E-state index < -0.39 is 0 Å². The molecule has 2 fully saturated rings. The highest BCUT2D eigenvalue weighted by Gasteiger charge is 2.28. The minimum atomic E-state index is -0.0760. The second-order valence-electron chi connectivity index (χ2n) is 8.00. The Morgan fingerprint density at radius 3 is 2.62 bits per heavy atom. The summed E-state index contributed by atoms with van der Waals surface area (Å²) in [6, 6.07) is 0. The standard InChI is InChI=1S/C20H34N8O3.HI/c1-24(2)18(29)14-22-20(21-5-4-6-26-9-11-31-12-10-26)27-7-8-28(19(30)16-27)17-13-23-25(3)15-17;/h13,15H,4-12,14,16H2,1-3H3,(H,21,22);1H. The number of ether oxygens (including phenoxy) is 1. The van der Waals surface area contributed by atoms with Gasteiger partial charge in [-0.25, -0.2) is 4.99 Å². The number of aromatic nitrogens is 2. The molecular formula is C20H35IN8O3. The third kappa shape index (κ3) is 7.59. The lowest BCUT2D eigenvalue weighted by atomic mass is 10.3. The van der Waals surface area contributed by atoms with Crippen LogP contribution in [0.4, 0.5) is 5.69 Å². The molecule has 2 amide bonds. The molecule has 1 aromatic heterocycles. The lowest BCUT2D eigenvalue weighted by Gasteiger charge is -2.35. The number of amides is 2. The molecule has 180 valence electrons. The van der Waals surface area contributed by atoms with Crippen molar-refractivity contribution in [3.8, 4) is 0 Å². The molecule has 12 heteroatoms. The lowest BCUT2D eigenvalue weighted by Crippen LogP contribution is -2.55. The predicted molar refractivity (Wildman–Crippen MR) is 133 cm³/mol. The van der Waals surface area contributed by atoms with Gasteiger partial charge in [0, 0.05) is 60.1 Å². The summed E-state index contributed by atoms with van der Waals surface area (Å²) in [6.45, 7) is 6.64. The maximum atomic E-state index is 12.8. The van der Waals surface area contributed by atoms with Gasteiger partial charge in [0.1, 0.15) is 13.1 Å². The van der Waals surface area contributed by atoms with Crippen LogP contribution in [0, 0.1) is 0 Å².